The van der Waals surface area contributed by atoms with Gasteiger partial charge in [-0.05, 0) is 12.8 Å². The fourth-order valence-electron chi connectivity index (χ4n) is 1.24. The molecule has 0 aliphatic rings. The molecule has 1 rings (SSSR count). The van der Waals surface area contributed by atoms with Crippen molar-refractivity contribution < 1.29 is 9.90 Å². The van der Waals surface area contributed by atoms with Gasteiger partial charge < -0.3 is 10.8 Å². The van der Waals surface area contributed by atoms with E-state index in [1.54, 1.807) is 0 Å². The second-order valence-electron chi connectivity index (χ2n) is 3.09. The number of thiazole rings is 1. The van der Waals surface area contributed by atoms with Crippen molar-refractivity contribution in [3.8, 4) is 0 Å². The number of nitrogens with two attached hydrogens (primary N) is 1. The smallest absolute Gasteiger partial charge is 0.355 e. The minimum absolute atomic E-state index is 0.128. The molecule has 0 spiro atoms. The number of nitrogens with zero attached hydrogens (tertiary/aromatic N) is 1. The zero-order valence-electron chi connectivity index (χ0n) is 8.12. The normalized spacial score (nSPS) is 10.4. The summed E-state index contributed by atoms with van der Waals surface area (Å²) >= 11 is 1.28. The quantitative estimate of drug-likeness (QED) is 0.736. The predicted octanol–water partition coefficient (Wildman–Crippen LogP) is 2.16. The first kappa shape index (κ1) is 11.0. The van der Waals surface area contributed by atoms with Crippen LogP contribution in [0.5, 0.6) is 0 Å². The van der Waals surface area contributed by atoms with Crippen LogP contribution in [0.15, 0.2) is 0 Å². The molecule has 0 unspecified atom stereocenters. The largest absolute Gasteiger partial charge is 0.476 e. The summed E-state index contributed by atoms with van der Waals surface area (Å²) in [7, 11) is 0. The van der Waals surface area contributed by atoms with Crippen molar-refractivity contribution in [3.05, 3.63) is 10.6 Å². The number of anilines is 1. The lowest BCUT2D eigenvalue weighted by Gasteiger charge is -1.96. The summed E-state index contributed by atoms with van der Waals surface area (Å²) in [5, 5.41) is 9.17. The summed E-state index contributed by atoms with van der Waals surface area (Å²) in [6.45, 7) is 2.11. The Morgan fingerprint density at radius 1 is 1.57 bits per heavy atom. The van der Waals surface area contributed by atoms with E-state index in [1.165, 1.54) is 11.3 Å². The van der Waals surface area contributed by atoms with Gasteiger partial charge in [-0.15, -0.1) is 11.3 Å². The van der Waals surface area contributed by atoms with Crippen molar-refractivity contribution in [1.29, 1.82) is 0 Å². The second kappa shape index (κ2) is 4.95. The number of aryl methyl sites for hydroxylation is 1. The van der Waals surface area contributed by atoms with Crippen LogP contribution < -0.4 is 5.73 Å². The zero-order chi connectivity index (χ0) is 10.6. The van der Waals surface area contributed by atoms with Gasteiger partial charge in [0, 0.05) is 4.88 Å². The molecule has 5 heteroatoms. The first-order chi connectivity index (χ1) is 6.65. The van der Waals surface area contributed by atoms with E-state index in [0.29, 0.717) is 5.13 Å². The number of hydrogen-bond acceptors (Lipinski definition) is 4. The molecule has 0 amide bonds. The van der Waals surface area contributed by atoms with Crippen LogP contribution in [0.1, 0.15) is 41.6 Å². The number of aromatic carboxylic acids is 1. The molecule has 0 saturated carbocycles. The molecule has 3 N–H and O–H groups in total. The van der Waals surface area contributed by atoms with Crippen LogP contribution in [0.2, 0.25) is 0 Å². The third-order valence-corrected chi connectivity index (χ3v) is 2.87. The van der Waals surface area contributed by atoms with E-state index in [2.05, 4.69) is 11.9 Å². The molecule has 78 valence electrons. The average Bonchev–Trinajstić information content (AvgIpc) is 2.47. The minimum Gasteiger partial charge on any atom is -0.476 e. The van der Waals surface area contributed by atoms with E-state index in [1.807, 2.05) is 0 Å². The van der Waals surface area contributed by atoms with Crippen LogP contribution >= 0.6 is 11.3 Å². The fourth-order valence-corrected chi connectivity index (χ4v) is 2.11. The molecule has 1 heterocycles. The molecule has 0 fully saturated rings. The number of carboxylic acids is 1. The number of carboxylic acid groups (broad SMARTS) is 1. The van der Waals surface area contributed by atoms with Gasteiger partial charge in [-0.1, -0.05) is 19.8 Å². The van der Waals surface area contributed by atoms with Crippen LogP contribution in [0, 0.1) is 0 Å². The molecule has 14 heavy (non-hydrogen) atoms. The Labute approximate surface area is 86.8 Å². The average molecular weight is 214 g/mol. The highest BCUT2D eigenvalue weighted by Gasteiger charge is 2.15. The monoisotopic (exact) mass is 214 g/mol. The highest BCUT2D eigenvalue weighted by atomic mass is 32.1. The van der Waals surface area contributed by atoms with Crippen molar-refractivity contribution in [2.45, 2.75) is 32.6 Å². The van der Waals surface area contributed by atoms with Gasteiger partial charge in [-0.25, -0.2) is 9.78 Å². The summed E-state index contributed by atoms with van der Waals surface area (Å²) in [5.74, 6) is -0.982. The van der Waals surface area contributed by atoms with Crippen molar-refractivity contribution in [3.63, 3.8) is 0 Å². The van der Waals surface area contributed by atoms with Crippen LogP contribution in [0.25, 0.3) is 0 Å². The Morgan fingerprint density at radius 3 is 2.86 bits per heavy atom. The maximum absolute atomic E-state index is 10.8. The van der Waals surface area contributed by atoms with Gasteiger partial charge in [-0.2, -0.15) is 0 Å². The molecule has 0 aliphatic heterocycles. The lowest BCUT2D eigenvalue weighted by atomic mass is 10.1. The molecule has 0 bridgehead atoms. The summed E-state index contributed by atoms with van der Waals surface area (Å²) in [5.41, 5.74) is 5.59. The summed E-state index contributed by atoms with van der Waals surface area (Å²) in [4.78, 5) is 15.3. The number of rotatable bonds is 5. The van der Waals surface area contributed by atoms with Crippen molar-refractivity contribution in [2.24, 2.45) is 0 Å². The molecule has 4 nitrogen and oxygen atoms in total. The summed E-state index contributed by atoms with van der Waals surface area (Å²) in [6, 6.07) is 0. The van der Waals surface area contributed by atoms with Crippen LogP contribution in [0.4, 0.5) is 5.13 Å². The topological polar surface area (TPSA) is 76.2 Å². The number of nitrogen functional groups attached to an aromatic ring is 1. The highest BCUT2D eigenvalue weighted by molar-refractivity contribution is 7.15. The number of hydrogen-bond donors (Lipinski definition) is 2. The molecule has 1 aromatic rings. The maximum atomic E-state index is 10.8. The van der Waals surface area contributed by atoms with Crippen LogP contribution in [0.3, 0.4) is 0 Å². The van der Waals surface area contributed by atoms with Gasteiger partial charge >= 0.3 is 5.97 Å². The first-order valence-corrected chi connectivity index (χ1v) is 5.45. The fraction of sp³-hybridized carbons (Fsp3) is 0.556. The lowest BCUT2D eigenvalue weighted by Crippen LogP contribution is -2.01. The van der Waals surface area contributed by atoms with E-state index in [4.69, 9.17) is 10.8 Å². The molecule has 0 atom stereocenters. The molecule has 0 radical (unpaired) electrons. The molecule has 1 aromatic heterocycles. The molecule has 0 saturated heterocycles. The van der Waals surface area contributed by atoms with Gasteiger partial charge in [0.15, 0.2) is 10.8 Å². The molecular formula is C9H14N2O2S. The third kappa shape index (κ3) is 2.70. The van der Waals surface area contributed by atoms with E-state index in [0.717, 1.165) is 30.6 Å². The Bertz CT molecular complexity index is 323. The SMILES string of the molecule is CCCCCc1sc(N)nc1C(=O)O. The highest BCUT2D eigenvalue weighted by Crippen LogP contribution is 2.22. The zero-order valence-corrected chi connectivity index (χ0v) is 8.93. The predicted molar refractivity (Wildman–Crippen MR) is 56.7 cm³/mol. The van der Waals surface area contributed by atoms with Crippen LogP contribution in [-0.4, -0.2) is 16.1 Å². The molecule has 0 aromatic carbocycles. The van der Waals surface area contributed by atoms with Crippen molar-refractivity contribution in [2.75, 3.05) is 5.73 Å². The van der Waals surface area contributed by atoms with E-state index in [-0.39, 0.29) is 5.69 Å². The molecular weight excluding hydrogens is 200 g/mol. The Morgan fingerprint density at radius 2 is 2.29 bits per heavy atom. The summed E-state index contributed by atoms with van der Waals surface area (Å²) < 4.78 is 0. The van der Waals surface area contributed by atoms with Gasteiger partial charge in [-0.3, -0.25) is 0 Å². The summed E-state index contributed by atoms with van der Waals surface area (Å²) in [6.07, 6.45) is 4.00. The lowest BCUT2D eigenvalue weighted by molar-refractivity contribution is 0.0690. The third-order valence-electron chi connectivity index (χ3n) is 1.92. The van der Waals surface area contributed by atoms with Gasteiger partial charge in [0.05, 0.1) is 0 Å². The van der Waals surface area contributed by atoms with E-state index in [9.17, 15) is 4.79 Å². The van der Waals surface area contributed by atoms with Crippen molar-refractivity contribution in [1.82, 2.24) is 4.98 Å². The Kier molecular flexibility index (Phi) is 3.88. The van der Waals surface area contributed by atoms with Gasteiger partial charge in [0.2, 0.25) is 0 Å². The van der Waals surface area contributed by atoms with Crippen LogP contribution in [-0.2, 0) is 6.42 Å². The Hall–Kier alpha value is -1.10. The number of aromatic nitrogens is 1. The Balaban J connectivity index is 2.69. The van der Waals surface area contributed by atoms with Gasteiger partial charge in [0.25, 0.3) is 0 Å². The van der Waals surface area contributed by atoms with Gasteiger partial charge in [0.1, 0.15) is 0 Å². The minimum atomic E-state index is -0.982. The van der Waals surface area contributed by atoms with E-state index < -0.39 is 5.97 Å². The standard InChI is InChI=1S/C9H14N2O2S/c1-2-3-4-5-6-7(8(12)13)11-9(10)14-6/h2-5H2,1H3,(H2,10,11)(H,12,13). The number of unbranched alkanes of at least 4 members (excludes halogenated alkanes) is 2. The van der Waals surface area contributed by atoms with Crippen molar-refractivity contribution >= 4 is 22.4 Å². The second-order valence-corrected chi connectivity index (χ2v) is 4.20. The maximum Gasteiger partial charge on any atom is 0.355 e. The first-order valence-electron chi connectivity index (χ1n) is 4.63. The van der Waals surface area contributed by atoms with E-state index >= 15 is 0 Å². The number of carbonyl (C=O) groups is 1. The molecule has 0 aliphatic carbocycles.